The lowest BCUT2D eigenvalue weighted by Crippen LogP contribution is -2.09. The lowest BCUT2D eigenvalue weighted by atomic mass is 9.90. The third kappa shape index (κ3) is 3.68. The summed E-state index contributed by atoms with van der Waals surface area (Å²) in [7, 11) is 0. The van der Waals surface area contributed by atoms with E-state index in [-0.39, 0.29) is 29.4 Å². The van der Waals surface area contributed by atoms with Gasteiger partial charge in [0.2, 0.25) is 5.88 Å². The number of halogens is 1. The molecule has 3 aromatic rings. The number of aromatic nitrogens is 1. The number of hydrogen-bond acceptors (Lipinski definition) is 4. The summed E-state index contributed by atoms with van der Waals surface area (Å²) in [5.41, 5.74) is 3.59. The van der Waals surface area contributed by atoms with Gasteiger partial charge in [-0.1, -0.05) is 41.9 Å². The first-order valence-corrected chi connectivity index (χ1v) is 10.2. The summed E-state index contributed by atoms with van der Waals surface area (Å²) >= 11 is 6.00. The van der Waals surface area contributed by atoms with Crippen LogP contribution in [-0.2, 0) is 9.53 Å². The van der Waals surface area contributed by atoms with Crippen LogP contribution >= 0.6 is 11.6 Å². The zero-order valence-electron chi connectivity index (χ0n) is 17.1. The number of aromatic hydroxyl groups is 1. The zero-order chi connectivity index (χ0) is 22.1. The average Bonchev–Trinajstić information content (AvgIpc) is 3.00. The van der Waals surface area contributed by atoms with Gasteiger partial charge < -0.3 is 9.84 Å². The Balaban J connectivity index is 1.97. The molecule has 1 heterocycles. The molecule has 1 N–H and O–H groups in total. The first-order valence-electron chi connectivity index (χ1n) is 9.83. The number of allylic oxidation sites excluding steroid dienone is 2. The van der Waals surface area contributed by atoms with E-state index in [2.05, 4.69) is 0 Å². The van der Waals surface area contributed by atoms with Crippen molar-refractivity contribution in [2.75, 3.05) is 6.61 Å². The van der Waals surface area contributed by atoms with Gasteiger partial charge in [0.15, 0.2) is 5.78 Å². The van der Waals surface area contributed by atoms with Crippen molar-refractivity contribution >= 4 is 41.1 Å². The van der Waals surface area contributed by atoms with Gasteiger partial charge >= 0.3 is 5.97 Å². The molecule has 0 unspecified atom stereocenters. The van der Waals surface area contributed by atoms with Crippen LogP contribution < -0.4 is 0 Å². The van der Waals surface area contributed by atoms with E-state index in [1.165, 1.54) is 6.08 Å². The molecule has 1 aliphatic carbocycles. The van der Waals surface area contributed by atoms with Crippen molar-refractivity contribution in [3.8, 4) is 11.6 Å². The molecule has 0 bridgehead atoms. The molecule has 0 saturated carbocycles. The molecule has 0 atom stereocenters. The highest BCUT2D eigenvalue weighted by molar-refractivity contribution is 6.33. The quantitative estimate of drug-likeness (QED) is 0.438. The molecule has 0 amide bonds. The molecule has 1 aliphatic rings. The molecule has 156 valence electrons. The lowest BCUT2D eigenvalue weighted by Gasteiger charge is -2.13. The van der Waals surface area contributed by atoms with Crippen molar-refractivity contribution in [2.45, 2.75) is 13.8 Å². The van der Waals surface area contributed by atoms with Gasteiger partial charge in [-0.15, -0.1) is 0 Å². The summed E-state index contributed by atoms with van der Waals surface area (Å²) in [4.78, 5) is 25.5. The molecule has 0 saturated heterocycles. The SMILES string of the molecule is CCOC(=O)c1c(C=C2C(=O)C=Cc3ccccc32)c(O)n(-c2ccc(Cl)cc2)c1C. The number of ether oxygens (including phenoxy) is 1. The molecule has 0 fully saturated rings. The van der Waals surface area contributed by atoms with Crippen LogP contribution in [0.5, 0.6) is 5.88 Å². The highest BCUT2D eigenvalue weighted by Gasteiger charge is 2.27. The summed E-state index contributed by atoms with van der Waals surface area (Å²) in [5, 5.41) is 11.7. The van der Waals surface area contributed by atoms with Crippen molar-refractivity contribution in [3.63, 3.8) is 0 Å². The molecule has 31 heavy (non-hydrogen) atoms. The molecule has 0 radical (unpaired) electrons. The average molecular weight is 434 g/mol. The smallest absolute Gasteiger partial charge is 0.340 e. The predicted molar refractivity (Wildman–Crippen MR) is 121 cm³/mol. The van der Waals surface area contributed by atoms with Crippen LogP contribution in [0.3, 0.4) is 0 Å². The summed E-state index contributed by atoms with van der Waals surface area (Å²) in [5.74, 6) is -0.929. The molecule has 4 rings (SSSR count). The number of benzene rings is 2. The van der Waals surface area contributed by atoms with E-state index in [0.717, 1.165) is 11.1 Å². The Labute approximate surface area is 184 Å². The summed E-state index contributed by atoms with van der Waals surface area (Å²) in [6, 6.07) is 14.4. The molecule has 0 aliphatic heterocycles. The lowest BCUT2D eigenvalue weighted by molar-refractivity contribution is -0.109. The van der Waals surface area contributed by atoms with E-state index in [1.54, 1.807) is 54.8 Å². The number of rotatable bonds is 4. The van der Waals surface area contributed by atoms with Gasteiger partial charge in [-0.05, 0) is 61.4 Å². The van der Waals surface area contributed by atoms with Crippen LogP contribution in [-0.4, -0.2) is 28.0 Å². The van der Waals surface area contributed by atoms with Crippen molar-refractivity contribution in [1.82, 2.24) is 4.57 Å². The van der Waals surface area contributed by atoms with Crippen LogP contribution in [0, 0.1) is 6.92 Å². The number of ketones is 1. The largest absolute Gasteiger partial charge is 0.494 e. The second-order valence-corrected chi connectivity index (χ2v) is 7.51. The first kappa shape index (κ1) is 20.7. The Hall–Kier alpha value is -3.57. The minimum absolute atomic E-state index is 0.157. The van der Waals surface area contributed by atoms with E-state index in [0.29, 0.717) is 22.0 Å². The third-order valence-corrected chi connectivity index (χ3v) is 5.45. The van der Waals surface area contributed by atoms with E-state index in [4.69, 9.17) is 16.3 Å². The fourth-order valence-corrected chi connectivity index (χ4v) is 3.90. The highest BCUT2D eigenvalue weighted by atomic mass is 35.5. The zero-order valence-corrected chi connectivity index (χ0v) is 17.8. The minimum Gasteiger partial charge on any atom is -0.494 e. The molecule has 0 spiro atoms. The van der Waals surface area contributed by atoms with Crippen LogP contribution in [0.25, 0.3) is 23.4 Å². The molecule has 1 aromatic heterocycles. The minimum atomic E-state index is -0.568. The van der Waals surface area contributed by atoms with E-state index in [1.807, 2.05) is 24.3 Å². The van der Waals surface area contributed by atoms with Gasteiger partial charge in [0, 0.05) is 22.0 Å². The van der Waals surface area contributed by atoms with Crippen molar-refractivity contribution in [2.24, 2.45) is 0 Å². The van der Waals surface area contributed by atoms with E-state index in [9.17, 15) is 14.7 Å². The van der Waals surface area contributed by atoms with Gasteiger partial charge in [0.1, 0.15) is 0 Å². The number of carbonyl (C=O) groups is 2. The molecular formula is C25H20ClNO4. The summed E-state index contributed by atoms with van der Waals surface area (Å²) in [6.45, 7) is 3.62. The van der Waals surface area contributed by atoms with Gasteiger partial charge in [-0.3, -0.25) is 9.36 Å². The topological polar surface area (TPSA) is 68.5 Å². The van der Waals surface area contributed by atoms with Gasteiger partial charge in [-0.25, -0.2) is 4.79 Å². The molecular weight excluding hydrogens is 414 g/mol. The first-order chi connectivity index (χ1) is 14.9. The highest BCUT2D eigenvalue weighted by Crippen LogP contribution is 2.37. The number of hydrogen-bond donors (Lipinski definition) is 1. The van der Waals surface area contributed by atoms with Crippen LogP contribution in [0.2, 0.25) is 5.02 Å². The standard InChI is InChI=1S/C25H20ClNO4/c1-3-31-25(30)23-15(2)27(18-11-9-17(26)10-12-18)24(29)21(23)14-20-19-7-5-4-6-16(19)8-13-22(20)28/h4-14,29H,3H2,1-2H3. The van der Waals surface area contributed by atoms with Gasteiger partial charge in [0.25, 0.3) is 0 Å². The maximum atomic E-state index is 12.8. The van der Waals surface area contributed by atoms with Crippen molar-refractivity contribution in [1.29, 1.82) is 0 Å². The van der Waals surface area contributed by atoms with E-state index < -0.39 is 5.97 Å². The van der Waals surface area contributed by atoms with Crippen LogP contribution in [0.15, 0.2) is 54.6 Å². The molecule has 5 nitrogen and oxygen atoms in total. The van der Waals surface area contributed by atoms with Crippen LogP contribution in [0.4, 0.5) is 0 Å². The Morgan fingerprint density at radius 2 is 1.84 bits per heavy atom. The fraction of sp³-hybridized carbons (Fsp3) is 0.120. The number of esters is 1. The predicted octanol–water partition coefficient (Wildman–Crippen LogP) is 5.46. The Morgan fingerprint density at radius 3 is 2.55 bits per heavy atom. The Bertz CT molecular complexity index is 1250. The van der Waals surface area contributed by atoms with Crippen LogP contribution in [0.1, 0.15) is 39.7 Å². The van der Waals surface area contributed by atoms with E-state index >= 15 is 0 Å². The monoisotopic (exact) mass is 433 g/mol. The third-order valence-electron chi connectivity index (χ3n) is 5.20. The molecule has 6 heteroatoms. The number of fused-ring (bicyclic) bond motifs is 1. The summed E-state index contributed by atoms with van der Waals surface area (Å²) < 4.78 is 6.79. The van der Waals surface area contributed by atoms with Gasteiger partial charge in [-0.2, -0.15) is 0 Å². The van der Waals surface area contributed by atoms with Gasteiger partial charge in [0.05, 0.1) is 17.7 Å². The fourth-order valence-electron chi connectivity index (χ4n) is 3.77. The number of nitrogens with zero attached hydrogens (tertiary/aromatic N) is 1. The second kappa shape index (κ2) is 8.28. The Kier molecular flexibility index (Phi) is 5.53. The molecule has 2 aromatic carbocycles. The normalized spacial score (nSPS) is 14.0. The van der Waals surface area contributed by atoms with Crippen molar-refractivity contribution < 1.29 is 19.4 Å². The maximum Gasteiger partial charge on any atom is 0.340 e. The maximum absolute atomic E-state index is 12.8. The van der Waals surface area contributed by atoms with Crippen molar-refractivity contribution in [3.05, 3.63) is 87.6 Å². The Morgan fingerprint density at radius 1 is 1.13 bits per heavy atom. The second-order valence-electron chi connectivity index (χ2n) is 7.07. The summed E-state index contributed by atoms with van der Waals surface area (Å²) in [6.07, 6.45) is 4.80. The number of carbonyl (C=O) groups excluding carboxylic acids is 2.